The number of carbonyl (C=O) groups is 1. The first-order chi connectivity index (χ1) is 13.3. The van der Waals surface area contributed by atoms with Crippen LogP contribution in [-0.2, 0) is 11.8 Å². The molecule has 0 spiro atoms. The Morgan fingerprint density at radius 2 is 2.11 bits per heavy atom. The van der Waals surface area contributed by atoms with Crippen molar-refractivity contribution in [3.05, 3.63) is 42.7 Å². The third-order valence-corrected chi connectivity index (χ3v) is 4.14. The predicted octanol–water partition coefficient (Wildman–Crippen LogP) is 2.75. The Morgan fingerprint density at radius 3 is 2.75 bits per heavy atom. The summed E-state index contributed by atoms with van der Waals surface area (Å²) in [7, 11) is 1.77. The van der Waals surface area contributed by atoms with Crippen LogP contribution in [0.5, 0.6) is 0 Å². The van der Waals surface area contributed by atoms with Gasteiger partial charge in [-0.2, -0.15) is 5.10 Å². The third kappa shape index (κ3) is 3.63. The smallest absolute Gasteiger partial charge is 0.260 e. The highest BCUT2D eigenvalue weighted by Gasteiger charge is 2.61. The molecule has 0 aliphatic heterocycles. The molecule has 1 saturated carbocycles. The number of anilines is 3. The number of aromatic nitrogens is 5. The molecule has 1 unspecified atom stereocenters. The molecule has 2 N–H and O–H groups in total. The van der Waals surface area contributed by atoms with Crippen molar-refractivity contribution in [2.75, 3.05) is 10.6 Å². The van der Waals surface area contributed by atoms with Crippen molar-refractivity contribution in [2.24, 2.45) is 13.0 Å². The summed E-state index contributed by atoms with van der Waals surface area (Å²) >= 11 is 0. The van der Waals surface area contributed by atoms with Crippen LogP contribution in [0, 0.1) is 11.7 Å². The van der Waals surface area contributed by atoms with Crippen molar-refractivity contribution in [1.29, 1.82) is 0 Å². The lowest BCUT2D eigenvalue weighted by molar-refractivity contribution is -0.119. The van der Waals surface area contributed by atoms with Crippen LogP contribution in [-0.4, -0.2) is 36.6 Å². The lowest BCUT2D eigenvalue weighted by Crippen LogP contribution is -2.19. The van der Waals surface area contributed by atoms with Crippen LogP contribution in [0.1, 0.15) is 6.42 Å². The highest BCUT2D eigenvalue weighted by atomic mass is 19.3. The number of aryl methyl sites for hydroxylation is 1. The topological polar surface area (TPSA) is 97.6 Å². The number of pyridine rings is 1. The van der Waals surface area contributed by atoms with Gasteiger partial charge in [0.15, 0.2) is 11.6 Å². The first-order valence-corrected chi connectivity index (χ1v) is 8.25. The normalized spacial score (nSPS) is 17.2. The van der Waals surface area contributed by atoms with Crippen LogP contribution < -0.4 is 10.6 Å². The van der Waals surface area contributed by atoms with Crippen LogP contribution in [0.4, 0.5) is 30.6 Å². The van der Waals surface area contributed by atoms with E-state index in [-0.39, 0.29) is 5.95 Å². The Kier molecular flexibility index (Phi) is 4.21. The van der Waals surface area contributed by atoms with Crippen LogP contribution in [0.2, 0.25) is 0 Å². The summed E-state index contributed by atoms with van der Waals surface area (Å²) in [5.74, 6) is -6.39. The van der Waals surface area contributed by atoms with E-state index in [4.69, 9.17) is 0 Å². The molecule has 0 aromatic carbocycles. The monoisotopic (exact) mass is 389 g/mol. The van der Waals surface area contributed by atoms with Gasteiger partial charge in [-0.05, 0) is 12.1 Å². The molecule has 3 aromatic rings. The van der Waals surface area contributed by atoms with Crippen molar-refractivity contribution >= 4 is 23.4 Å². The number of nitrogens with one attached hydrogen (secondary N) is 2. The maximum Gasteiger partial charge on any atom is 0.260 e. The minimum Gasteiger partial charge on any atom is -0.321 e. The summed E-state index contributed by atoms with van der Waals surface area (Å²) in [5, 5.41) is 9.08. The van der Waals surface area contributed by atoms with Crippen molar-refractivity contribution in [2.45, 2.75) is 12.3 Å². The fraction of sp³-hybridized carbons (Fsp3) is 0.235. The summed E-state index contributed by atoms with van der Waals surface area (Å²) in [4.78, 5) is 23.9. The zero-order valence-corrected chi connectivity index (χ0v) is 14.5. The fourth-order valence-electron chi connectivity index (χ4n) is 2.57. The molecule has 0 bridgehead atoms. The number of hydrogen-bond donors (Lipinski definition) is 2. The van der Waals surface area contributed by atoms with Crippen molar-refractivity contribution in [3.8, 4) is 11.3 Å². The van der Waals surface area contributed by atoms with E-state index in [1.807, 2.05) is 0 Å². The van der Waals surface area contributed by atoms with Gasteiger partial charge in [-0.1, -0.05) is 0 Å². The van der Waals surface area contributed by atoms with Crippen LogP contribution in [0.25, 0.3) is 11.3 Å². The van der Waals surface area contributed by atoms with Gasteiger partial charge < -0.3 is 10.6 Å². The number of amides is 1. The van der Waals surface area contributed by atoms with Crippen molar-refractivity contribution < 1.29 is 18.0 Å². The average molecular weight is 389 g/mol. The molecule has 28 heavy (non-hydrogen) atoms. The van der Waals surface area contributed by atoms with E-state index in [2.05, 4.69) is 30.7 Å². The van der Waals surface area contributed by atoms with Gasteiger partial charge >= 0.3 is 0 Å². The number of hydrogen-bond acceptors (Lipinski definition) is 6. The molecule has 1 aliphatic carbocycles. The van der Waals surface area contributed by atoms with Gasteiger partial charge in [-0.3, -0.25) is 9.48 Å². The van der Waals surface area contributed by atoms with Gasteiger partial charge in [-0.25, -0.2) is 28.1 Å². The number of carbonyl (C=O) groups excluding carboxylic acids is 1. The number of nitrogens with zero attached hydrogens (tertiary/aromatic N) is 5. The van der Waals surface area contributed by atoms with Gasteiger partial charge in [0.2, 0.25) is 11.9 Å². The molecule has 1 aliphatic rings. The number of rotatable bonds is 5. The lowest BCUT2D eigenvalue weighted by Gasteiger charge is -2.08. The van der Waals surface area contributed by atoms with Gasteiger partial charge in [0.1, 0.15) is 5.92 Å². The van der Waals surface area contributed by atoms with E-state index >= 15 is 0 Å². The molecule has 8 nitrogen and oxygen atoms in total. The fourth-order valence-corrected chi connectivity index (χ4v) is 2.57. The lowest BCUT2D eigenvalue weighted by atomic mass is 10.2. The van der Waals surface area contributed by atoms with Crippen LogP contribution in [0.3, 0.4) is 0 Å². The summed E-state index contributed by atoms with van der Waals surface area (Å²) in [6.07, 6.45) is 5.58. The quantitative estimate of drug-likeness (QED) is 0.696. The Morgan fingerprint density at radius 1 is 1.32 bits per heavy atom. The van der Waals surface area contributed by atoms with E-state index < -0.39 is 35.8 Å². The van der Waals surface area contributed by atoms with Gasteiger partial charge in [0.05, 0.1) is 17.6 Å². The summed E-state index contributed by atoms with van der Waals surface area (Å²) in [5.41, 5.74) is 1.40. The number of halogens is 3. The second-order valence-corrected chi connectivity index (χ2v) is 6.35. The first kappa shape index (κ1) is 17.9. The highest BCUT2D eigenvalue weighted by Crippen LogP contribution is 2.49. The van der Waals surface area contributed by atoms with Gasteiger partial charge in [0, 0.05) is 37.6 Å². The maximum atomic E-state index is 14.3. The molecular weight excluding hydrogens is 375 g/mol. The molecule has 1 amide bonds. The minimum atomic E-state index is -3.03. The molecule has 3 aromatic heterocycles. The Hall–Kier alpha value is -3.50. The van der Waals surface area contributed by atoms with Crippen molar-refractivity contribution in [1.82, 2.24) is 24.7 Å². The Labute approximate surface area is 156 Å². The standard InChI is InChI=1S/C17H14F3N7O/c1-27-8-10(7-23-27)24-16-21-3-2-13(25-16)9-4-12(18)14(22-6-9)26-15(28)11-5-17(11,19)20/h2-4,6-8,11H,5H2,1H3,(H,21,24,25)(H,22,26,28). The van der Waals surface area contributed by atoms with Crippen molar-refractivity contribution in [3.63, 3.8) is 0 Å². The zero-order valence-electron chi connectivity index (χ0n) is 14.5. The summed E-state index contributed by atoms with van der Waals surface area (Å²) in [6, 6.07) is 2.68. The Bertz CT molecular complexity index is 1050. The van der Waals surface area contributed by atoms with E-state index in [1.165, 1.54) is 12.4 Å². The molecule has 0 saturated heterocycles. The molecule has 1 atom stereocenters. The van der Waals surface area contributed by atoms with Crippen LogP contribution >= 0.6 is 0 Å². The zero-order chi connectivity index (χ0) is 19.9. The summed E-state index contributed by atoms with van der Waals surface area (Å²) < 4.78 is 41.8. The SMILES string of the molecule is Cn1cc(Nc2nccc(-c3cnc(NC(=O)C4CC4(F)F)c(F)c3)n2)cn1. The minimum absolute atomic E-state index is 0.277. The molecular formula is C17H14F3N7O. The van der Waals surface area contributed by atoms with Gasteiger partial charge in [0.25, 0.3) is 5.92 Å². The second-order valence-electron chi connectivity index (χ2n) is 6.35. The molecule has 11 heteroatoms. The summed E-state index contributed by atoms with van der Waals surface area (Å²) in [6.45, 7) is 0. The number of alkyl halides is 2. The van der Waals surface area contributed by atoms with E-state index in [0.29, 0.717) is 16.9 Å². The molecule has 1 fully saturated rings. The molecule has 0 radical (unpaired) electrons. The molecule has 4 rings (SSSR count). The highest BCUT2D eigenvalue weighted by molar-refractivity contribution is 5.94. The predicted molar refractivity (Wildman–Crippen MR) is 93.4 cm³/mol. The van der Waals surface area contributed by atoms with E-state index in [1.54, 1.807) is 30.2 Å². The first-order valence-electron chi connectivity index (χ1n) is 8.25. The third-order valence-electron chi connectivity index (χ3n) is 4.14. The molecule has 3 heterocycles. The largest absolute Gasteiger partial charge is 0.321 e. The maximum absolute atomic E-state index is 14.3. The average Bonchev–Trinajstić information content (AvgIpc) is 3.10. The van der Waals surface area contributed by atoms with Crippen LogP contribution in [0.15, 0.2) is 36.9 Å². The molecule has 144 valence electrons. The Balaban J connectivity index is 1.51. The van der Waals surface area contributed by atoms with E-state index in [9.17, 15) is 18.0 Å². The second kappa shape index (κ2) is 6.59. The van der Waals surface area contributed by atoms with E-state index in [0.717, 1.165) is 6.07 Å². The van der Waals surface area contributed by atoms with Gasteiger partial charge in [-0.15, -0.1) is 0 Å².